The molecule has 0 aromatic carbocycles. The molecule has 1 aromatic rings. The summed E-state index contributed by atoms with van der Waals surface area (Å²) in [7, 11) is 0. The summed E-state index contributed by atoms with van der Waals surface area (Å²) in [4.78, 5) is 16.8. The molecule has 2 saturated carbocycles. The lowest BCUT2D eigenvalue weighted by Gasteiger charge is -2.40. The van der Waals surface area contributed by atoms with Gasteiger partial charge in [0, 0.05) is 17.5 Å². The third kappa shape index (κ3) is 2.42. The molecule has 3 atom stereocenters. The maximum Gasteiger partial charge on any atom is 0.227 e. The van der Waals surface area contributed by atoms with E-state index in [0.29, 0.717) is 17.9 Å². The van der Waals surface area contributed by atoms with Crippen LogP contribution in [0.25, 0.3) is 0 Å². The van der Waals surface area contributed by atoms with Gasteiger partial charge >= 0.3 is 0 Å². The Hall–Kier alpha value is -0.870. The quantitative estimate of drug-likeness (QED) is 0.912. The fraction of sp³-hybridized carbons (Fsp3) is 0.706. The minimum Gasteiger partial charge on any atom is -0.335 e. The van der Waals surface area contributed by atoms with Crippen molar-refractivity contribution in [2.75, 3.05) is 6.54 Å². The van der Waals surface area contributed by atoms with Crippen molar-refractivity contribution >= 4 is 17.2 Å². The first-order valence-corrected chi connectivity index (χ1v) is 9.26. The third-order valence-electron chi connectivity index (χ3n) is 5.50. The van der Waals surface area contributed by atoms with Crippen molar-refractivity contribution in [3.63, 3.8) is 0 Å². The van der Waals surface area contributed by atoms with Crippen molar-refractivity contribution in [3.05, 3.63) is 21.9 Å². The molecule has 4 heteroatoms. The maximum absolute atomic E-state index is 13.1. The van der Waals surface area contributed by atoms with Crippen LogP contribution in [0.15, 0.2) is 11.4 Å². The van der Waals surface area contributed by atoms with E-state index >= 15 is 0 Å². The molecule has 0 saturated heterocycles. The summed E-state index contributed by atoms with van der Waals surface area (Å²) in [5, 5.41) is 2.19. The monoisotopic (exact) mass is 304 g/mol. The lowest BCUT2D eigenvalue weighted by molar-refractivity contribution is -0.140. The Labute approximate surface area is 130 Å². The molecule has 0 radical (unpaired) electrons. The second-order valence-electron chi connectivity index (χ2n) is 6.92. The zero-order valence-electron chi connectivity index (χ0n) is 12.5. The molecule has 1 aliphatic heterocycles. The van der Waals surface area contributed by atoms with E-state index in [4.69, 9.17) is 5.73 Å². The molecule has 3 unspecified atom stereocenters. The standard InChI is InChI=1S/C17H24N2OS/c18-14-4-2-1-3-12(14)17(20)19-9-7-15-13(8-10-21-15)16(19)11-5-6-11/h8,10-12,14,16H,1-7,9,18H2. The highest BCUT2D eigenvalue weighted by atomic mass is 32.1. The lowest BCUT2D eigenvalue weighted by Crippen LogP contribution is -2.49. The van der Waals surface area contributed by atoms with Gasteiger partial charge in [0.1, 0.15) is 0 Å². The molecule has 1 aromatic heterocycles. The molecule has 2 aliphatic carbocycles. The highest BCUT2D eigenvalue weighted by Crippen LogP contribution is 2.49. The summed E-state index contributed by atoms with van der Waals surface area (Å²) in [5.41, 5.74) is 7.69. The molecule has 2 fully saturated rings. The second-order valence-corrected chi connectivity index (χ2v) is 7.92. The average molecular weight is 304 g/mol. The van der Waals surface area contributed by atoms with Gasteiger partial charge in [0.15, 0.2) is 0 Å². The van der Waals surface area contributed by atoms with Gasteiger partial charge in [-0.1, -0.05) is 12.8 Å². The maximum atomic E-state index is 13.1. The Morgan fingerprint density at radius 1 is 1.24 bits per heavy atom. The SMILES string of the molecule is NC1CCCCC1C(=O)N1CCc2sccc2C1C1CC1. The first kappa shape index (κ1) is 13.8. The molecule has 4 rings (SSSR count). The summed E-state index contributed by atoms with van der Waals surface area (Å²) < 4.78 is 0. The van der Waals surface area contributed by atoms with Crippen molar-refractivity contribution in [1.29, 1.82) is 0 Å². The Kier molecular flexibility index (Phi) is 3.54. The fourth-order valence-corrected chi connectivity index (χ4v) is 5.11. The number of thiophene rings is 1. The number of hydrogen-bond acceptors (Lipinski definition) is 3. The molecule has 3 aliphatic rings. The summed E-state index contributed by atoms with van der Waals surface area (Å²) in [6, 6.07) is 2.68. The molecule has 3 nitrogen and oxygen atoms in total. The van der Waals surface area contributed by atoms with E-state index in [1.807, 2.05) is 11.3 Å². The highest BCUT2D eigenvalue weighted by Gasteiger charge is 2.44. The van der Waals surface area contributed by atoms with Crippen LogP contribution in [-0.4, -0.2) is 23.4 Å². The van der Waals surface area contributed by atoms with Gasteiger partial charge in [-0.05, 0) is 55.0 Å². The Bertz CT molecular complexity index is 537. The number of rotatable bonds is 2. The van der Waals surface area contributed by atoms with Crippen LogP contribution in [0.2, 0.25) is 0 Å². The normalized spacial score (nSPS) is 32.8. The van der Waals surface area contributed by atoms with Gasteiger partial charge < -0.3 is 10.6 Å². The lowest BCUT2D eigenvalue weighted by atomic mass is 9.83. The van der Waals surface area contributed by atoms with Crippen molar-refractivity contribution in [1.82, 2.24) is 4.90 Å². The van der Waals surface area contributed by atoms with Crippen molar-refractivity contribution in [2.45, 2.75) is 57.0 Å². The Balaban J connectivity index is 1.60. The van der Waals surface area contributed by atoms with Gasteiger partial charge in [-0.2, -0.15) is 0 Å². The Morgan fingerprint density at radius 3 is 2.81 bits per heavy atom. The number of fused-ring (bicyclic) bond motifs is 1. The first-order chi connectivity index (χ1) is 10.3. The van der Waals surface area contributed by atoms with E-state index in [1.54, 1.807) is 0 Å². The predicted octanol–water partition coefficient (Wildman–Crippen LogP) is 3.10. The van der Waals surface area contributed by atoms with Crippen LogP contribution in [0.1, 0.15) is 55.0 Å². The zero-order valence-corrected chi connectivity index (χ0v) is 13.3. The van der Waals surface area contributed by atoms with Gasteiger partial charge in [-0.3, -0.25) is 4.79 Å². The number of nitrogens with zero attached hydrogens (tertiary/aromatic N) is 1. The molecule has 114 valence electrons. The largest absolute Gasteiger partial charge is 0.335 e. The highest BCUT2D eigenvalue weighted by molar-refractivity contribution is 7.10. The van der Waals surface area contributed by atoms with Crippen LogP contribution < -0.4 is 5.73 Å². The fourth-order valence-electron chi connectivity index (χ4n) is 4.19. The van der Waals surface area contributed by atoms with E-state index in [0.717, 1.165) is 32.2 Å². The Morgan fingerprint density at radius 2 is 2.05 bits per heavy atom. The van der Waals surface area contributed by atoms with Crippen molar-refractivity contribution in [2.24, 2.45) is 17.6 Å². The molecule has 1 amide bonds. The molecule has 0 spiro atoms. The van der Waals surface area contributed by atoms with Gasteiger partial charge in [-0.25, -0.2) is 0 Å². The van der Waals surface area contributed by atoms with Gasteiger partial charge in [-0.15, -0.1) is 11.3 Å². The molecular weight excluding hydrogens is 280 g/mol. The number of nitrogens with two attached hydrogens (primary N) is 1. The summed E-state index contributed by atoms with van der Waals surface area (Å²) in [6.45, 7) is 0.900. The van der Waals surface area contributed by atoms with E-state index in [1.165, 1.54) is 29.7 Å². The van der Waals surface area contributed by atoms with E-state index in [-0.39, 0.29) is 12.0 Å². The summed E-state index contributed by atoms with van der Waals surface area (Å²) in [5.74, 6) is 1.11. The predicted molar refractivity (Wildman–Crippen MR) is 85.1 cm³/mol. The summed E-state index contributed by atoms with van der Waals surface area (Å²) in [6.07, 6.45) is 7.94. The van der Waals surface area contributed by atoms with Gasteiger partial charge in [0.25, 0.3) is 0 Å². The smallest absolute Gasteiger partial charge is 0.227 e. The van der Waals surface area contributed by atoms with Gasteiger partial charge in [0.05, 0.1) is 12.0 Å². The van der Waals surface area contributed by atoms with Gasteiger partial charge in [0.2, 0.25) is 5.91 Å². The molecule has 21 heavy (non-hydrogen) atoms. The first-order valence-electron chi connectivity index (χ1n) is 8.38. The topological polar surface area (TPSA) is 46.3 Å². The molecule has 2 heterocycles. The van der Waals surface area contributed by atoms with Crippen LogP contribution in [0, 0.1) is 11.8 Å². The number of hydrogen-bond donors (Lipinski definition) is 1. The molecule has 2 N–H and O–H groups in total. The van der Waals surface area contributed by atoms with Crippen LogP contribution in [0.4, 0.5) is 0 Å². The second kappa shape index (κ2) is 5.40. The van der Waals surface area contributed by atoms with Crippen molar-refractivity contribution in [3.8, 4) is 0 Å². The number of amides is 1. The van der Waals surface area contributed by atoms with E-state index in [9.17, 15) is 4.79 Å². The number of carbonyl (C=O) groups is 1. The van der Waals surface area contributed by atoms with E-state index < -0.39 is 0 Å². The minimum atomic E-state index is 0.0696. The summed E-state index contributed by atoms with van der Waals surface area (Å²) >= 11 is 1.86. The van der Waals surface area contributed by atoms with E-state index in [2.05, 4.69) is 16.3 Å². The van der Waals surface area contributed by atoms with Crippen LogP contribution >= 0.6 is 11.3 Å². The van der Waals surface area contributed by atoms with Crippen LogP contribution in [0.3, 0.4) is 0 Å². The molecule has 0 bridgehead atoms. The average Bonchev–Trinajstić information content (AvgIpc) is 3.22. The zero-order chi connectivity index (χ0) is 14.4. The van der Waals surface area contributed by atoms with Crippen LogP contribution in [-0.2, 0) is 11.2 Å². The van der Waals surface area contributed by atoms with Crippen LogP contribution in [0.5, 0.6) is 0 Å². The minimum absolute atomic E-state index is 0.0696. The third-order valence-corrected chi connectivity index (χ3v) is 6.50. The molecular formula is C17H24N2OS. The number of carbonyl (C=O) groups excluding carboxylic acids is 1. The van der Waals surface area contributed by atoms with Crippen molar-refractivity contribution < 1.29 is 4.79 Å².